The van der Waals surface area contributed by atoms with Crippen LogP contribution in [0.3, 0.4) is 0 Å². The van der Waals surface area contributed by atoms with Gasteiger partial charge in [-0.2, -0.15) is 18.3 Å². The molecule has 0 spiro atoms. The highest BCUT2D eigenvalue weighted by molar-refractivity contribution is 7.89. The third kappa shape index (κ3) is 3.08. The van der Waals surface area contributed by atoms with Gasteiger partial charge in [-0.1, -0.05) is 19.1 Å². The van der Waals surface area contributed by atoms with Crippen LogP contribution in [0.15, 0.2) is 41.6 Å². The first-order chi connectivity index (χ1) is 9.77. The van der Waals surface area contributed by atoms with Gasteiger partial charge in [0.25, 0.3) is 10.0 Å². The van der Waals surface area contributed by atoms with E-state index in [1.165, 1.54) is 18.2 Å². The summed E-state index contributed by atoms with van der Waals surface area (Å²) in [4.78, 5) is 0. The zero-order valence-electron chi connectivity index (χ0n) is 10.9. The number of benzene rings is 1. The van der Waals surface area contributed by atoms with Gasteiger partial charge in [0.2, 0.25) is 0 Å². The van der Waals surface area contributed by atoms with Gasteiger partial charge in [-0.3, -0.25) is 0 Å². The van der Waals surface area contributed by atoms with Gasteiger partial charge in [0.05, 0.1) is 17.4 Å². The maximum Gasteiger partial charge on any atom is 0.418 e. The Morgan fingerprint density at radius 2 is 1.90 bits per heavy atom. The van der Waals surface area contributed by atoms with Crippen molar-refractivity contribution in [1.82, 2.24) is 14.5 Å². The molecule has 0 atom stereocenters. The number of rotatable bonds is 4. The lowest BCUT2D eigenvalue weighted by molar-refractivity contribution is -0.137. The highest BCUT2D eigenvalue weighted by Gasteiger charge is 2.35. The molecule has 114 valence electrons. The Hall–Kier alpha value is -1.87. The average Bonchev–Trinajstić information content (AvgIpc) is 2.87. The number of hydrogen-bond donors (Lipinski definition) is 1. The molecule has 2 aromatic rings. The second kappa shape index (κ2) is 5.49. The quantitative estimate of drug-likeness (QED) is 0.939. The van der Waals surface area contributed by atoms with Crippen molar-refractivity contribution in [2.45, 2.75) is 18.1 Å². The molecule has 0 aliphatic heterocycles. The summed E-state index contributed by atoms with van der Waals surface area (Å²) in [6, 6.07) is 5.80. The Morgan fingerprint density at radius 3 is 2.52 bits per heavy atom. The van der Waals surface area contributed by atoms with E-state index in [-0.39, 0.29) is 17.3 Å². The van der Waals surface area contributed by atoms with E-state index in [1.807, 2.05) is 0 Å². The van der Waals surface area contributed by atoms with E-state index < -0.39 is 21.8 Å². The van der Waals surface area contributed by atoms with Crippen LogP contribution in [0.2, 0.25) is 0 Å². The molecular weight excluding hydrogens is 307 g/mol. The summed E-state index contributed by atoms with van der Waals surface area (Å²) in [5, 5.41) is 3.36. The maximum absolute atomic E-state index is 13.0. The van der Waals surface area contributed by atoms with Crippen molar-refractivity contribution in [3.05, 3.63) is 42.1 Å². The van der Waals surface area contributed by atoms with E-state index in [9.17, 15) is 21.6 Å². The summed E-state index contributed by atoms with van der Waals surface area (Å²) in [6.45, 7) is 1.69. The van der Waals surface area contributed by atoms with Gasteiger partial charge in [-0.25, -0.2) is 17.8 Å². The molecule has 0 aliphatic carbocycles. The number of halogens is 3. The van der Waals surface area contributed by atoms with E-state index in [1.54, 1.807) is 6.92 Å². The molecule has 0 unspecified atom stereocenters. The van der Waals surface area contributed by atoms with Crippen molar-refractivity contribution in [2.75, 3.05) is 6.54 Å². The van der Waals surface area contributed by atoms with Gasteiger partial charge in [-0.05, 0) is 18.2 Å². The maximum atomic E-state index is 13.0. The summed E-state index contributed by atoms with van der Waals surface area (Å²) in [7, 11) is -3.92. The molecule has 1 heterocycles. The Morgan fingerprint density at radius 1 is 1.24 bits per heavy atom. The number of para-hydroxylation sites is 1. The number of aromatic nitrogens is 2. The van der Waals surface area contributed by atoms with Gasteiger partial charge >= 0.3 is 6.18 Å². The first kappa shape index (κ1) is 15.5. The molecule has 0 fully saturated rings. The van der Waals surface area contributed by atoms with Crippen molar-refractivity contribution in [3.8, 4) is 5.69 Å². The highest BCUT2D eigenvalue weighted by Crippen LogP contribution is 2.34. The molecule has 0 bridgehead atoms. The summed E-state index contributed by atoms with van der Waals surface area (Å²) >= 11 is 0. The van der Waals surface area contributed by atoms with Crippen LogP contribution < -0.4 is 4.72 Å². The van der Waals surface area contributed by atoms with Gasteiger partial charge in [-0.15, -0.1) is 0 Å². The number of sulfonamides is 1. The van der Waals surface area contributed by atoms with E-state index in [0.717, 1.165) is 23.0 Å². The molecule has 1 aromatic heterocycles. The third-order valence-electron chi connectivity index (χ3n) is 2.66. The Kier molecular flexibility index (Phi) is 4.06. The van der Waals surface area contributed by atoms with E-state index in [0.29, 0.717) is 0 Å². The minimum atomic E-state index is -4.61. The molecule has 0 radical (unpaired) electrons. The van der Waals surface area contributed by atoms with E-state index in [2.05, 4.69) is 9.82 Å². The standard InChI is InChI=1S/C12H12F3N3O2S/c1-2-17-21(19,20)11-7-8-16-18(11)10-6-4-3-5-9(10)12(13,14)15/h3-8,17H,2H2,1H3. The molecule has 0 saturated carbocycles. The predicted molar refractivity (Wildman–Crippen MR) is 69.4 cm³/mol. The second-order valence-electron chi connectivity index (χ2n) is 4.10. The number of hydrogen-bond acceptors (Lipinski definition) is 3. The van der Waals surface area contributed by atoms with Crippen LogP contribution in [0, 0.1) is 0 Å². The topological polar surface area (TPSA) is 64.0 Å². The Balaban J connectivity index is 2.64. The molecule has 0 saturated heterocycles. The fourth-order valence-corrected chi connectivity index (χ4v) is 2.98. The van der Waals surface area contributed by atoms with Crippen LogP contribution in [-0.2, 0) is 16.2 Å². The van der Waals surface area contributed by atoms with Gasteiger partial charge in [0, 0.05) is 6.54 Å². The Bertz CT molecular complexity index is 738. The van der Waals surface area contributed by atoms with Crippen molar-refractivity contribution in [1.29, 1.82) is 0 Å². The van der Waals surface area contributed by atoms with Crippen LogP contribution in [0.1, 0.15) is 12.5 Å². The van der Waals surface area contributed by atoms with Crippen LogP contribution in [0.5, 0.6) is 0 Å². The monoisotopic (exact) mass is 319 g/mol. The first-order valence-corrected chi connectivity index (χ1v) is 7.46. The molecule has 5 nitrogen and oxygen atoms in total. The van der Waals surface area contributed by atoms with Crippen molar-refractivity contribution >= 4 is 10.0 Å². The van der Waals surface area contributed by atoms with Gasteiger partial charge in [0.1, 0.15) is 0 Å². The number of nitrogens with zero attached hydrogens (tertiary/aromatic N) is 2. The first-order valence-electron chi connectivity index (χ1n) is 5.97. The van der Waals surface area contributed by atoms with Crippen LogP contribution in [-0.4, -0.2) is 24.7 Å². The fraction of sp³-hybridized carbons (Fsp3) is 0.250. The molecule has 21 heavy (non-hydrogen) atoms. The number of alkyl halides is 3. The van der Waals surface area contributed by atoms with Crippen molar-refractivity contribution in [3.63, 3.8) is 0 Å². The summed E-state index contributed by atoms with van der Waals surface area (Å²) in [5.74, 6) is 0. The zero-order chi connectivity index (χ0) is 15.7. The molecule has 9 heteroatoms. The van der Waals surface area contributed by atoms with Gasteiger partial charge < -0.3 is 0 Å². The lowest BCUT2D eigenvalue weighted by atomic mass is 10.2. The SMILES string of the molecule is CCNS(=O)(=O)c1ccnn1-c1ccccc1C(F)(F)F. The summed E-state index contributed by atoms with van der Waals surface area (Å²) in [6.07, 6.45) is -3.47. The molecule has 1 aromatic carbocycles. The van der Waals surface area contributed by atoms with Crippen molar-refractivity contribution in [2.24, 2.45) is 0 Å². The lowest BCUT2D eigenvalue weighted by Gasteiger charge is -2.14. The van der Waals surface area contributed by atoms with E-state index in [4.69, 9.17) is 0 Å². The van der Waals surface area contributed by atoms with E-state index >= 15 is 0 Å². The number of nitrogens with one attached hydrogen (secondary N) is 1. The molecule has 0 amide bonds. The third-order valence-corrected chi connectivity index (χ3v) is 4.18. The second-order valence-corrected chi connectivity index (χ2v) is 5.81. The van der Waals surface area contributed by atoms with Crippen molar-refractivity contribution < 1.29 is 21.6 Å². The van der Waals surface area contributed by atoms with Crippen LogP contribution >= 0.6 is 0 Å². The zero-order valence-corrected chi connectivity index (χ0v) is 11.7. The highest BCUT2D eigenvalue weighted by atomic mass is 32.2. The Labute approximate surface area is 119 Å². The lowest BCUT2D eigenvalue weighted by Crippen LogP contribution is -2.26. The smallest absolute Gasteiger partial charge is 0.220 e. The normalized spacial score (nSPS) is 12.6. The fourth-order valence-electron chi connectivity index (χ4n) is 1.84. The molecule has 1 N–H and O–H groups in total. The largest absolute Gasteiger partial charge is 0.418 e. The predicted octanol–water partition coefficient (Wildman–Crippen LogP) is 2.19. The van der Waals surface area contributed by atoms with Crippen LogP contribution in [0.25, 0.3) is 5.69 Å². The minimum Gasteiger partial charge on any atom is -0.220 e. The summed E-state index contributed by atoms with van der Waals surface area (Å²) in [5.41, 5.74) is -1.30. The van der Waals surface area contributed by atoms with Crippen LogP contribution in [0.4, 0.5) is 13.2 Å². The average molecular weight is 319 g/mol. The minimum absolute atomic E-state index is 0.119. The van der Waals surface area contributed by atoms with Gasteiger partial charge in [0.15, 0.2) is 5.03 Å². The molecular formula is C12H12F3N3O2S. The summed E-state index contributed by atoms with van der Waals surface area (Å²) < 4.78 is 66.0. The molecule has 2 rings (SSSR count). The molecule has 0 aliphatic rings.